The number of rotatable bonds is 13. The van der Waals surface area contributed by atoms with Crippen LogP contribution in [0.1, 0.15) is 36.2 Å². The van der Waals surface area contributed by atoms with Gasteiger partial charge in [0.1, 0.15) is 17.2 Å². The lowest BCUT2D eigenvalue weighted by molar-refractivity contribution is -0.116. The zero-order valence-corrected chi connectivity index (χ0v) is 26.7. The van der Waals surface area contributed by atoms with Crippen LogP contribution in [-0.4, -0.2) is 36.7 Å². The Morgan fingerprint density at radius 2 is 1.58 bits per heavy atom. The number of hydrogen-bond acceptors (Lipinski definition) is 6. The molecule has 0 saturated heterocycles. The summed E-state index contributed by atoms with van der Waals surface area (Å²) in [6.07, 6.45) is 2.15. The first-order valence-electron chi connectivity index (χ1n) is 14.3. The van der Waals surface area contributed by atoms with Crippen LogP contribution < -0.4 is 25.4 Å². The van der Waals surface area contributed by atoms with Gasteiger partial charge >= 0.3 is 0 Å². The third kappa shape index (κ3) is 9.38. The first kappa shape index (κ1) is 33.2. The van der Waals surface area contributed by atoms with E-state index in [2.05, 4.69) is 16.0 Å². The SMILES string of the molecule is CCOc1ccccc1/C=C(/NC(=O)c1ccccc1)C(=O)Nc1cccc(SC(CC)C(=O)Nc2ccc(OC)c(Cl)c2)c1. The monoisotopic (exact) mass is 643 g/mol. The second kappa shape index (κ2) is 16.4. The summed E-state index contributed by atoms with van der Waals surface area (Å²) in [5.74, 6) is -0.0245. The minimum atomic E-state index is -0.520. The summed E-state index contributed by atoms with van der Waals surface area (Å²) >= 11 is 7.59. The minimum Gasteiger partial charge on any atom is -0.495 e. The van der Waals surface area contributed by atoms with Crippen LogP contribution in [-0.2, 0) is 9.59 Å². The number of thioether (sulfide) groups is 1. The molecule has 8 nitrogen and oxygen atoms in total. The molecule has 3 amide bonds. The Bertz CT molecular complexity index is 1680. The standard InChI is InChI=1S/C35H34ClN3O5S/c1-4-32(35(42)38-26-18-19-31(43-3)28(36)22-26)45-27-16-11-15-25(21-27)37-34(41)29(39-33(40)23-12-7-6-8-13-23)20-24-14-9-10-17-30(24)44-5-2/h6-22,32H,4-5H2,1-3H3,(H,37,41)(H,38,42)(H,39,40)/b29-20+. The van der Waals surface area contributed by atoms with Crippen molar-refractivity contribution in [3.05, 3.63) is 119 Å². The number of nitrogens with one attached hydrogen (secondary N) is 3. The predicted molar refractivity (Wildman–Crippen MR) is 181 cm³/mol. The number of benzene rings is 4. The molecule has 0 aliphatic carbocycles. The zero-order valence-electron chi connectivity index (χ0n) is 25.1. The fraction of sp³-hybridized carbons (Fsp3) is 0.171. The van der Waals surface area contributed by atoms with Crippen molar-refractivity contribution in [3.8, 4) is 11.5 Å². The molecule has 0 bridgehead atoms. The van der Waals surface area contributed by atoms with E-state index < -0.39 is 17.1 Å². The van der Waals surface area contributed by atoms with Gasteiger partial charge in [-0.1, -0.05) is 61.0 Å². The van der Waals surface area contributed by atoms with Crippen molar-refractivity contribution in [2.75, 3.05) is 24.4 Å². The van der Waals surface area contributed by atoms with Crippen molar-refractivity contribution in [2.45, 2.75) is 30.4 Å². The van der Waals surface area contributed by atoms with Crippen LogP contribution in [0.4, 0.5) is 11.4 Å². The summed E-state index contributed by atoms with van der Waals surface area (Å²) in [5.41, 5.74) is 2.15. The fourth-order valence-corrected chi connectivity index (χ4v) is 5.55. The molecule has 0 heterocycles. The fourth-order valence-electron chi connectivity index (χ4n) is 4.28. The van der Waals surface area contributed by atoms with Crippen LogP contribution >= 0.6 is 23.4 Å². The van der Waals surface area contributed by atoms with E-state index in [4.69, 9.17) is 21.1 Å². The Balaban J connectivity index is 1.52. The molecule has 0 spiro atoms. The first-order chi connectivity index (χ1) is 21.8. The van der Waals surface area contributed by atoms with Crippen LogP contribution in [0.5, 0.6) is 11.5 Å². The number of methoxy groups -OCH3 is 1. The lowest BCUT2D eigenvalue weighted by Crippen LogP contribution is -2.30. The molecule has 0 radical (unpaired) electrons. The van der Waals surface area contributed by atoms with Crippen molar-refractivity contribution in [3.63, 3.8) is 0 Å². The lowest BCUT2D eigenvalue weighted by atomic mass is 10.1. The van der Waals surface area contributed by atoms with Gasteiger partial charge in [-0.3, -0.25) is 14.4 Å². The molecular formula is C35H34ClN3O5S. The number of amides is 3. The second-order valence-electron chi connectivity index (χ2n) is 9.68. The second-order valence-corrected chi connectivity index (χ2v) is 11.4. The molecular weight excluding hydrogens is 610 g/mol. The Hall–Kier alpha value is -4.73. The summed E-state index contributed by atoms with van der Waals surface area (Å²) in [4.78, 5) is 40.5. The maximum atomic E-state index is 13.6. The van der Waals surface area contributed by atoms with Gasteiger partial charge in [-0.15, -0.1) is 11.8 Å². The molecule has 0 aromatic heterocycles. The first-order valence-corrected chi connectivity index (χ1v) is 15.6. The van der Waals surface area contributed by atoms with Gasteiger partial charge < -0.3 is 25.4 Å². The Morgan fingerprint density at radius 1 is 0.844 bits per heavy atom. The molecule has 1 unspecified atom stereocenters. The van der Waals surface area contributed by atoms with E-state index in [1.807, 2.05) is 38.1 Å². The molecule has 0 aliphatic heterocycles. The van der Waals surface area contributed by atoms with E-state index in [-0.39, 0.29) is 11.6 Å². The number of halogens is 1. The molecule has 45 heavy (non-hydrogen) atoms. The summed E-state index contributed by atoms with van der Waals surface area (Å²) in [6.45, 7) is 4.24. The highest BCUT2D eigenvalue weighted by molar-refractivity contribution is 8.00. The third-order valence-corrected chi connectivity index (χ3v) is 8.15. The molecule has 0 aliphatic rings. The Morgan fingerprint density at radius 3 is 2.29 bits per heavy atom. The molecule has 1 atom stereocenters. The maximum Gasteiger partial charge on any atom is 0.272 e. The summed E-state index contributed by atoms with van der Waals surface area (Å²) in [6, 6.07) is 28.2. The maximum absolute atomic E-state index is 13.6. The molecule has 0 fully saturated rings. The van der Waals surface area contributed by atoms with E-state index in [1.165, 1.54) is 18.9 Å². The van der Waals surface area contributed by atoms with Crippen molar-refractivity contribution in [2.24, 2.45) is 0 Å². The third-order valence-electron chi connectivity index (χ3n) is 6.50. The van der Waals surface area contributed by atoms with Crippen LogP contribution in [0.25, 0.3) is 6.08 Å². The number of anilines is 2. The van der Waals surface area contributed by atoms with E-state index in [9.17, 15) is 14.4 Å². The number of ether oxygens (including phenoxy) is 2. The highest BCUT2D eigenvalue weighted by Gasteiger charge is 2.20. The molecule has 0 saturated carbocycles. The van der Waals surface area contributed by atoms with Crippen LogP contribution in [0.2, 0.25) is 5.02 Å². The van der Waals surface area contributed by atoms with Crippen molar-refractivity contribution in [1.29, 1.82) is 0 Å². The Labute approximate surface area is 272 Å². The van der Waals surface area contributed by atoms with E-state index in [0.29, 0.717) is 52.1 Å². The van der Waals surface area contributed by atoms with E-state index in [0.717, 1.165) is 4.90 Å². The minimum absolute atomic E-state index is 0.0398. The molecule has 4 rings (SSSR count). The lowest BCUT2D eigenvalue weighted by Gasteiger charge is -2.16. The number of carbonyl (C=O) groups excluding carboxylic acids is 3. The summed E-state index contributed by atoms with van der Waals surface area (Å²) in [7, 11) is 1.53. The van der Waals surface area contributed by atoms with Gasteiger partial charge in [0.05, 0.1) is 24.0 Å². The van der Waals surface area contributed by atoms with Gasteiger partial charge in [-0.25, -0.2) is 0 Å². The average molecular weight is 644 g/mol. The topological polar surface area (TPSA) is 106 Å². The van der Waals surface area contributed by atoms with Crippen molar-refractivity contribution < 1.29 is 23.9 Å². The molecule has 10 heteroatoms. The van der Waals surface area contributed by atoms with E-state index >= 15 is 0 Å². The van der Waals surface area contributed by atoms with Gasteiger partial charge in [0.2, 0.25) is 5.91 Å². The van der Waals surface area contributed by atoms with E-state index in [1.54, 1.807) is 78.9 Å². The van der Waals surface area contributed by atoms with Crippen LogP contribution in [0.3, 0.4) is 0 Å². The number of para-hydroxylation sites is 1. The van der Waals surface area contributed by atoms with Gasteiger partial charge in [0.25, 0.3) is 11.8 Å². The zero-order chi connectivity index (χ0) is 32.2. The van der Waals surface area contributed by atoms with Crippen LogP contribution in [0, 0.1) is 0 Å². The normalized spacial score (nSPS) is 11.7. The largest absolute Gasteiger partial charge is 0.495 e. The van der Waals surface area contributed by atoms with Gasteiger partial charge in [-0.2, -0.15) is 0 Å². The van der Waals surface area contributed by atoms with Gasteiger partial charge in [0, 0.05) is 27.4 Å². The van der Waals surface area contributed by atoms with Crippen molar-refractivity contribution >= 4 is 58.5 Å². The highest BCUT2D eigenvalue weighted by atomic mass is 35.5. The Kier molecular flexibility index (Phi) is 12.1. The quantitative estimate of drug-likeness (QED) is 0.102. The van der Waals surface area contributed by atoms with Gasteiger partial charge in [0.15, 0.2) is 0 Å². The molecule has 3 N–H and O–H groups in total. The van der Waals surface area contributed by atoms with Gasteiger partial charge in [-0.05, 0) is 74.0 Å². The molecule has 4 aromatic carbocycles. The molecule has 232 valence electrons. The average Bonchev–Trinajstić information content (AvgIpc) is 3.05. The highest BCUT2D eigenvalue weighted by Crippen LogP contribution is 2.31. The number of carbonyl (C=O) groups is 3. The van der Waals surface area contributed by atoms with Crippen molar-refractivity contribution in [1.82, 2.24) is 5.32 Å². The predicted octanol–water partition coefficient (Wildman–Crippen LogP) is 7.67. The van der Waals surface area contributed by atoms with Crippen LogP contribution in [0.15, 0.2) is 108 Å². The summed E-state index contributed by atoms with van der Waals surface area (Å²) in [5, 5.41) is 8.54. The summed E-state index contributed by atoms with van der Waals surface area (Å²) < 4.78 is 10.9. The number of hydrogen-bond donors (Lipinski definition) is 3. The molecule has 4 aromatic rings. The smallest absolute Gasteiger partial charge is 0.272 e.